The molecule has 0 fully saturated rings. The number of aliphatic imine (C=N–C) groups is 1. The average molecular weight is 188 g/mol. The number of hydrogen-bond donors (Lipinski definition) is 0. The highest BCUT2D eigenvalue weighted by molar-refractivity contribution is 6.03. The molecule has 1 amide bonds. The van der Waals surface area contributed by atoms with Crippen molar-refractivity contribution in [2.45, 2.75) is 13.0 Å². The molecule has 1 aliphatic heterocycles. The lowest BCUT2D eigenvalue weighted by atomic mass is 10.1. The van der Waals surface area contributed by atoms with Crippen molar-refractivity contribution in [3.05, 3.63) is 35.9 Å². The number of carbonyl (C=O) groups excluding carboxylic acids is 1. The van der Waals surface area contributed by atoms with Gasteiger partial charge in [-0.1, -0.05) is 30.3 Å². The molecule has 0 saturated heterocycles. The third-order valence-corrected chi connectivity index (χ3v) is 2.52. The first-order valence-corrected chi connectivity index (χ1v) is 4.57. The van der Waals surface area contributed by atoms with Crippen LogP contribution in [0.25, 0.3) is 0 Å². The predicted molar refractivity (Wildman–Crippen MR) is 55.1 cm³/mol. The fourth-order valence-electron chi connectivity index (χ4n) is 1.65. The number of amides is 1. The Morgan fingerprint density at radius 1 is 1.29 bits per heavy atom. The highest BCUT2D eigenvalue weighted by Crippen LogP contribution is 2.25. The van der Waals surface area contributed by atoms with Gasteiger partial charge in [-0.15, -0.1) is 0 Å². The zero-order valence-corrected chi connectivity index (χ0v) is 8.27. The second kappa shape index (κ2) is 3.25. The molecule has 72 valence electrons. The molecule has 0 spiro atoms. The van der Waals surface area contributed by atoms with Gasteiger partial charge in [0.25, 0.3) is 5.91 Å². The van der Waals surface area contributed by atoms with Crippen molar-refractivity contribution in [3.8, 4) is 0 Å². The topological polar surface area (TPSA) is 32.7 Å². The summed E-state index contributed by atoms with van der Waals surface area (Å²) in [5.74, 6) is 0.708. The van der Waals surface area contributed by atoms with E-state index in [9.17, 15) is 4.79 Å². The van der Waals surface area contributed by atoms with Gasteiger partial charge in [-0.25, -0.2) is 0 Å². The summed E-state index contributed by atoms with van der Waals surface area (Å²) in [5.41, 5.74) is 1.00. The number of hydrogen-bond acceptors (Lipinski definition) is 2. The van der Waals surface area contributed by atoms with Crippen LogP contribution in [-0.2, 0) is 4.79 Å². The first-order chi connectivity index (χ1) is 6.70. The summed E-state index contributed by atoms with van der Waals surface area (Å²) >= 11 is 0. The molecule has 14 heavy (non-hydrogen) atoms. The van der Waals surface area contributed by atoms with E-state index in [4.69, 9.17) is 0 Å². The van der Waals surface area contributed by atoms with Gasteiger partial charge in [0.05, 0.1) is 0 Å². The first kappa shape index (κ1) is 8.94. The summed E-state index contributed by atoms with van der Waals surface area (Å²) in [5, 5.41) is 0. The van der Waals surface area contributed by atoms with Crippen LogP contribution in [0.15, 0.2) is 35.3 Å². The maximum atomic E-state index is 11.6. The molecule has 2 rings (SSSR count). The Balaban J connectivity index is 2.34. The van der Waals surface area contributed by atoms with E-state index in [-0.39, 0.29) is 11.9 Å². The molecular weight excluding hydrogens is 176 g/mol. The van der Waals surface area contributed by atoms with Crippen molar-refractivity contribution in [1.82, 2.24) is 4.90 Å². The minimum absolute atomic E-state index is 0.0730. The van der Waals surface area contributed by atoms with E-state index in [0.29, 0.717) is 0 Å². The van der Waals surface area contributed by atoms with Crippen LogP contribution in [0.3, 0.4) is 0 Å². The standard InChI is InChI=1S/C11H12N2O/c1-8-12-11(14)10(13(8)2)9-6-4-3-5-7-9/h3-7,10H,1-2H3. The molecule has 1 aliphatic rings. The second-order valence-electron chi connectivity index (χ2n) is 3.42. The maximum Gasteiger partial charge on any atom is 0.274 e. The molecule has 0 aliphatic carbocycles. The van der Waals surface area contributed by atoms with Crippen LogP contribution in [0.1, 0.15) is 18.5 Å². The lowest BCUT2D eigenvalue weighted by Crippen LogP contribution is -2.26. The molecule has 3 heteroatoms. The average Bonchev–Trinajstić information content (AvgIpc) is 2.43. The largest absolute Gasteiger partial charge is 0.347 e. The highest BCUT2D eigenvalue weighted by Gasteiger charge is 2.31. The van der Waals surface area contributed by atoms with Crippen LogP contribution in [0, 0.1) is 0 Å². The van der Waals surface area contributed by atoms with Crippen LogP contribution in [0.5, 0.6) is 0 Å². The highest BCUT2D eigenvalue weighted by atomic mass is 16.2. The van der Waals surface area contributed by atoms with Gasteiger partial charge in [0.2, 0.25) is 0 Å². The summed E-state index contributed by atoms with van der Waals surface area (Å²) in [6.07, 6.45) is 0. The number of likely N-dealkylation sites (N-methyl/N-ethyl adjacent to an activating group) is 1. The Labute approximate surface area is 83.1 Å². The molecule has 3 nitrogen and oxygen atoms in total. The molecule has 0 N–H and O–H groups in total. The third kappa shape index (κ3) is 1.31. The summed E-state index contributed by atoms with van der Waals surface area (Å²) in [7, 11) is 1.89. The van der Waals surface area contributed by atoms with Crippen molar-refractivity contribution in [1.29, 1.82) is 0 Å². The minimum atomic E-state index is -0.226. The van der Waals surface area contributed by atoms with Crippen LogP contribution in [-0.4, -0.2) is 23.7 Å². The van der Waals surface area contributed by atoms with E-state index in [0.717, 1.165) is 11.4 Å². The van der Waals surface area contributed by atoms with Gasteiger partial charge in [-0.05, 0) is 12.5 Å². The van der Waals surface area contributed by atoms with E-state index in [1.807, 2.05) is 49.2 Å². The van der Waals surface area contributed by atoms with Crippen molar-refractivity contribution in [2.24, 2.45) is 4.99 Å². The fraction of sp³-hybridized carbons (Fsp3) is 0.273. The quantitative estimate of drug-likeness (QED) is 0.670. The number of nitrogens with zero attached hydrogens (tertiary/aromatic N) is 2. The monoisotopic (exact) mass is 188 g/mol. The lowest BCUT2D eigenvalue weighted by molar-refractivity contribution is -0.120. The lowest BCUT2D eigenvalue weighted by Gasteiger charge is -2.20. The summed E-state index contributed by atoms with van der Waals surface area (Å²) in [6, 6.07) is 9.49. The minimum Gasteiger partial charge on any atom is -0.347 e. The summed E-state index contributed by atoms with van der Waals surface area (Å²) in [6.45, 7) is 1.85. The van der Waals surface area contributed by atoms with E-state index in [1.54, 1.807) is 0 Å². The number of carbonyl (C=O) groups is 1. The van der Waals surface area contributed by atoms with Gasteiger partial charge in [-0.2, -0.15) is 4.99 Å². The molecule has 0 bridgehead atoms. The maximum absolute atomic E-state index is 11.6. The van der Waals surface area contributed by atoms with E-state index >= 15 is 0 Å². The van der Waals surface area contributed by atoms with Crippen LogP contribution in [0.2, 0.25) is 0 Å². The third-order valence-electron chi connectivity index (χ3n) is 2.52. The van der Waals surface area contributed by atoms with Crippen LogP contribution in [0.4, 0.5) is 0 Å². The number of benzene rings is 1. The normalized spacial score (nSPS) is 21.3. The smallest absolute Gasteiger partial charge is 0.274 e. The van der Waals surface area contributed by atoms with Gasteiger partial charge < -0.3 is 4.90 Å². The Kier molecular flexibility index (Phi) is 2.08. The SMILES string of the molecule is CC1=NC(=O)C(c2ccccc2)N1C. The van der Waals surface area contributed by atoms with Gasteiger partial charge >= 0.3 is 0 Å². The van der Waals surface area contributed by atoms with E-state index in [2.05, 4.69) is 4.99 Å². The van der Waals surface area contributed by atoms with Gasteiger partial charge in [0.15, 0.2) is 0 Å². The summed E-state index contributed by atoms with van der Waals surface area (Å²) in [4.78, 5) is 17.4. The second-order valence-corrected chi connectivity index (χ2v) is 3.42. The Bertz CT molecular complexity index is 384. The zero-order valence-electron chi connectivity index (χ0n) is 8.27. The zero-order chi connectivity index (χ0) is 10.1. The summed E-state index contributed by atoms with van der Waals surface area (Å²) < 4.78 is 0. The molecular formula is C11H12N2O. The number of amidine groups is 1. The molecule has 0 aromatic heterocycles. The van der Waals surface area contributed by atoms with Gasteiger partial charge in [-0.3, -0.25) is 4.79 Å². The molecule has 1 heterocycles. The molecule has 0 radical (unpaired) electrons. The molecule has 1 unspecified atom stereocenters. The van der Waals surface area contributed by atoms with Crippen molar-refractivity contribution in [2.75, 3.05) is 7.05 Å². The van der Waals surface area contributed by atoms with Gasteiger partial charge in [0, 0.05) is 7.05 Å². The Morgan fingerprint density at radius 2 is 1.93 bits per heavy atom. The van der Waals surface area contributed by atoms with Gasteiger partial charge in [0.1, 0.15) is 11.9 Å². The van der Waals surface area contributed by atoms with Crippen LogP contribution < -0.4 is 0 Å². The molecule has 1 atom stereocenters. The predicted octanol–water partition coefficient (Wildman–Crippen LogP) is 1.62. The van der Waals surface area contributed by atoms with Crippen molar-refractivity contribution in [3.63, 3.8) is 0 Å². The number of rotatable bonds is 1. The Morgan fingerprint density at radius 3 is 2.43 bits per heavy atom. The molecule has 1 aromatic carbocycles. The Hall–Kier alpha value is -1.64. The van der Waals surface area contributed by atoms with Crippen LogP contribution >= 0.6 is 0 Å². The van der Waals surface area contributed by atoms with Crippen molar-refractivity contribution >= 4 is 11.7 Å². The first-order valence-electron chi connectivity index (χ1n) is 4.57. The van der Waals surface area contributed by atoms with E-state index in [1.165, 1.54) is 0 Å². The van der Waals surface area contributed by atoms with E-state index < -0.39 is 0 Å². The molecule has 1 aromatic rings. The fourth-order valence-corrected chi connectivity index (χ4v) is 1.65. The molecule has 0 saturated carbocycles. The van der Waals surface area contributed by atoms with Crippen molar-refractivity contribution < 1.29 is 4.79 Å².